The van der Waals surface area contributed by atoms with E-state index in [-0.39, 0.29) is 11.8 Å². The quantitative estimate of drug-likeness (QED) is 0.616. The highest BCUT2D eigenvalue weighted by Gasteiger charge is 2.27. The number of urea groups is 1. The van der Waals surface area contributed by atoms with Gasteiger partial charge in [0.05, 0.1) is 12.1 Å². The Kier molecular flexibility index (Phi) is 6.96. The van der Waals surface area contributed by atoms with Crippen LogP contribution in [0.2, 0.25) is 0 Å². The van der Waals surface area contributed by atoms with Gasteiger partial charge < -0.3 is 25.7 Å². The molecule has 2 aliphatic rings. The van der Waals surface area contributed by atoms with Crippen LogP contribution in [-0.4, -0.2) is 52.9 Å². The van der Waals surface area contributed by atoms with E-state index in [0.717, 1.165) is 32.0 Å². The Hall–Kier alpha value is -1.79. The highest BCUT2D eigenvalue weighted by Crippen LogP contribution is 2.27. The lowest BCUT2D eigenvalue weighted by Gasteiger charge is -2.36. The Morgan fingerprint density at radius 3 is 2.41 bits per heavy atom. The molecule has 150 valence electrons. The number of aromatic hydroxyl groups is 1. The van der Waals surface area contributed by atoms with Gasteiger partial charge >= 0.3 is 6.03 Å². The SMILES string of the molecule is C[C@@H](NC(=O)NCC1CCN(C2CCCC2)CC1)[C@@H](O)c1ccc(O)cc1. The largest absolute Gasteiger partial charge is 0.508 e. The molecule has 1 saturated heterocycles. The number of hydrogen-bond acceptors (Lipinski definition) is 4. The molecular formula is C21H33N3O3. The Bertz CT molecular complexity index is 593. The van der Waals surface area contributed by atoms with Crippen LogP contribution in [-0.2, 0) is 0 Å². The van der Waals surface area contributed by atoms with E-state index >= 15 is 0 Å². The number of phenolic OH excluding ortho intramolecular Hbond substituents is 1. The zero-order valence-electron chi connectivity index (χ0n) is 16.2. The zero-order chi connectivity index (χ0) is 19.2. The van der Waals surface area contributed by atoms with Crippen molar-refractivity contribution in [1.82, 2.24) is 15.5 Å². The Morgan fingerprint density at radius 1 is 1.15 bits per heavy atom. The second-order valence-corrected chi connectivity index (χ2v) is 8.10. The number of phenols is 1. The number of amides is 2. The van der Waals surface area contributed by atoms with Crippen LogP contribution < -0.4 is 10.6 Å². The maximum Gasteiger partial charge on any atom is 0.315 e. The molecule has 1 heterocycles. The van der Waals surface area contributed by atoms with Gasteiger partial charge in [-0.25, -0.2) is 4.79 Å². The summed E-state index contributed by atoms with van der Waals surface area (Å²) < 4.78 is 0. The molecule has 6 heteroatoms. The summed E-state index contributed by atoms with van der Waals surface area (Å²) in [6.07, 6.45) is 6.93. The third kappa shape index (κ3) is 5.59. The summed E-state index contributed by atoms with van der Waals surface area (Å²) in [4.78, 5) is 14.8. The van der Waals surface area contributed by atoms with Gasteiger partial charge in [0.25, 0.3) is 0 Å². The van der Waals surface area contributed by atoms with Gasteiger partial charge in [0.2, 0.25) is 0 Å². The van der Waals surface area contributed by atoms with Crippen molar-refractivity contribution < 1.29 is 15.0 Å². The lowest BCUT2D eigenvalue weighted by Crippen LogP contribution is -2.47. The molecule has 0 aromatic heterocycles. The summed E-state index contributed by atoms with van der Waals surface area (Å²) in [7, 11) is 0. The number of aliphatic hydroxyl groups is 1. The number of nitrogens with zero attached hydrogens (tertiary/aromatic N) is 1. The van der Waals surface area contributed by atoms with E-state index in [9.17, 15) is 15.0 Å². The van der Waals surface area contributed by atoms with E-state index in [2.05, 4.69) is 15.5 Å². The van der Waals surface area contributed by atoms with Crippen molar-refractivity contribution in [2.75, 3.05) is 19.6 Å². The molecule has 6 nitrogen and oxygen atoms in total. The number of rotatable bonds is 6. The first-order valence-electron chi connectivity index (χ1n) is 10.3. The summed E-state index contributed by atoms with van der Waals surface area (Å²) >= 11 is 0. The maximum absolute atomic E-state index is 12.2. The highest BCUT2D eigenvalue weighted by molar-refractivity contribution is 5.74. The molecule has 0 spiro atoms. The lowest BCUT2D eigenvalue weighted by atomic mass is 9.95. The van der Waals surface area contributed by atoms with Gasteiger partial charge in [-0.1, -0.05) is 25.0 Å². The summed E-state index contributed by atoms with van der Waals surface area (Å²) in [5, 5.41) is 25.5. The van der Waals surface area contributed by atoms with Crippen LogP contribution in [0.15, 0.2) is 24.3 Å². The molecule has 2 amide bonds. The molecule has 4 N–H and O–H groups in total. The molecule has 27 heavy (non-hydrogen) atoms. The molecule has 1 aromatic rings. The first kappa shape index (κ1) is 20.0. The van der Waals surface area contributed by atoms with Crippen molar-refractivity contribution >= 4 is 6.03 Å². The van der Waals surface area contributed by atoms with E-state index in [1.54, 1.807) is 19.1 Å². The van der Waals surface area contributed by atoms with Crippen LogP contribution in [0.3, 0.4) is 0 Å². The lowest BCUT2D eigenvalue weighted by molar-refractivity contribution is 0.130. The fourth-order valence-electron chi connectivity index (χ4n) is 4.33. The summed E-state index contributed by atoms with van der Waals surface area (Å²) in [6.45, 7) is 4.76. The number of likely N-dealkylation sites (tertiary alicyclic amines) is 1. The molecule has 0 radical (unpaired) electrons. The number of benzene rings is 1. The molecule has 3 rings (SSSR count). The minimum absolute atomic E-state index is 0.156. The predicted octanol–water partition coefficient (Wildman–Crippen LogP) is 2.77. The molecule has 0 bridgehead atoms. The van der Waals surface area contributed by atoms with E-state index in [0.29, 0.717) is 18.0 Å². The van der Waals surface area contributed by atoms with E-state index < -0.39 is 12.1 Å². The first-order valence-corrected chi connectivity index (χ1v) is 10.3. The smallest absolute Gasteiger partial charge is 0.315 e. The van der Waals surface area contributed by atoms with Gasteiger partial charge in [-0.15, -0.1) is 0 Å². The van der Waals surface area contributed by atoms with Crippen molar-refractivity contribution in [3.8, 4) is 5.75 Å². The Morgan fingerprint density at radius 2 is 1.78 bits per heavy atom. The van der Waals surface area contributed by atoms with Crippen molar-refractivity contribution in [2.45, 2.75) is 63.6 Å². The van der Waals surface area contributed by atoms with Gasteiger partial charge in [-0.2, -0.15) is 0 Å². The standard InChI is InChI=1S/C21H33N3O3/c1-15(20(26)17-6-8-19(25)9-7-17)23-21(27)22-14-16-10-12-24(13-11-16)18-4-2-3-5-18/h6-9,15-16,18,20,25-26H,2-5,10-14H2,1H3,(H2,22,23,27)/t15-,20-/m1/s1. The van der Waals surface area contributed by atoms with Crippen molar-refractivity contribution in [1.29, 1.82) is 0 Å². The summed E-state index contributed by atoms with van der Waals surface area (Å²) in [5.74, 6) is 0.689. The van der Waals surface area contributed by atoms with Crippen LogP contribution in [0, 0.1) is 5.92 Å². The fraction of sp³-hybridized carbons (Fsp3) is 0.667. The van der Waals surface area contributed by atoms with Crippen LogP contribution in [0.25, 0.3) is 0 Å². The Labute approximate surface area is 162 Å². The van der Waals surface area contributed by atoms with Crippen LogP contribution >= 0.6 is 0 Å². The molecule has 1 saturated carbocycles. The van der Waals surface area contributed by atoms with E-state index in [1.807, 2.05) is 0 Å². The highest BCUT2D eigenvalue weighted by atomic mass is 16.3. The molecular weight excluding hydrogens is 342 g/mol. The number of piperidine rings is 1. The van der Waals surface area contributed by atoms with Crippen LogP contribution in [0.4, 0.5) is 4.79 Å². The van der Waals surface area contributed by atoms with Gasteiger partial charge in [0, 0.05) is 12.6 Å². The average molecular weight is 376 g/mol. The minimum atomic E-state index is -0.814. The fourth-order valence-corrected chi connectivity index (χ4v) is 4.33. The normalized spacial score (nSPS) is 21.7. The Balaban J connectivity index is 1.36. The first-order chi connectivity index (χ1) is 13.0. The zero-order valence-corrected chi connectivity index (χ0v) is 16.2. The van der Waals surface area contributed by atoms with Crippen molar-refractivity contribution in [3.05, 3.63) is 29.8 Å². The molecule has 2 atom stereocenters. The number of aliphatic hydroxyl groups excluding tert-OH is 1. The third-order valence-corrected chi connectivity index (χ3v) is 6.11. The van der Waals surface area contributed by atoms with Gasteiger partial charge in [-0.3, -0.25) is 0 Å². The van der Waals surface area contributed by atoms with Crippen molar-refractivity contribution in [2.24, 2.45) is 5.92 Å². The molecule has 1 aliphatic carbocycles. The van der Waals surface area contributed by atoms with Gasteiger partial charge in [-0.05, 0) is 69.3 Å². The number of nitrogens with one attached hydrogen (secondary N) is 2. The monoisotopic (exact) mass is 375 g/mol. The molecule has 1 aliphatic heterocycles. The predicted molar refractivity (Wildman–Crippen MR) is 106 cm³/mol. The summed E-state index contributed by atoms with van der Waals surface area (Å²) in [6, 6.07) is 6.52. The third-order valence-electron chi connectivity index (χ3n) is 6.11. The second-order valence-electron chi connectivity index (χ2n) is 8.10. The minimum Gasteiger partial charge on any atom is -0.508 e. The van der Waals surface area contributed by atoms with Gasteiger partial charge in [0.15, 0.2) is 0 Å². The maximum atomic E-state index is 12.2. The van der Waals surface area contributed by atoms with Crippen LogP contribution in [0.1, 0.15) is 57.1 Å². The number of hydrogen-bond donors (Lipinski definition) is 4. The van der Waals surface area contributed by atoms with E-state index in [4.69, 9.17) is 0 Å². The van der Waals surface area contributed by atoms with Gasteiger partial charge in [0.1, 0.15) is 5.75 Å². The number of carbonyl (C=O) groups is 1. The topological polar surface area (TPSA) is 84.8 Å². The van der Waals surface area contributed by atoms with Crippen molar-refractivity contribution in [3.63, 3.8) is 0 Å². The summed E-state index contributed by atoms with van der Waals surface area (Å²) in [5.41, 5.74) is 0.667. The number of carbonyl (C=O) groups excluding carboxylic acids is 1. The molecule has 1 aromatic carbocycles. The molecule has 2 fully saturated rings. The average Bonchev–Trinajstić information content (AvgIpc) is 3.21. The van der Waals surface area contributed by atoms with E-state index in [1.165, 1.54) is 37.8 Å². The molecule has 0 unspecified atom stereocenters. The van der Waals surface area contributed by atoms with Crippen LogP contribution in [0.5, 0.6) is 5.75 Å². The second kappa shape index (κ2) is 9.42.